The fraction of sp³-hybridized carbons (Fsp3) is 0.429. The molecule has 4 rings (SSSR count). The lowest BCUT2D eigenvalue weighted by molar-refractivity contribution is -0.906. The van der Waals surface area contributed by atoms with Gasteiger partial charge in [-0.15, -0.1) is 0 Å². The van der Waals surface area contributed by atoms with Crippen LogP contribution < -0.4 is 26.1 Å². The predicted molar refractivity (Wildman–Crippen MR) is 113 cm³/mol. The van der Waals surface area contributed by atoms with Crippen molar-refractivity contribution < 1.29 is 19.0 Å². The number of anilines is 1. The van der Waals surface area contributed by atoms with Crippen molar-refractivity contribution in [1.82, 2.24) is 14.7 Å². The molecule has 1 amide bonds. The lowest BCUT2D eigenvalue weighted by Gasteiger charge is -2.23. The Balaban J connectivity index is 1.71. The van der Waals surface area contributed by atoms with Crippen LogP contribution in [-0.4, -0.2) is 54.7 Å². The molecule has 0 atom stereocenters. The van der Waals surface area contributed by atoms with Crippen LogP contribution in [0.1, 0.15) is 30.2 Å². The maximum atomic E-state index is 13.1. The molecule has 9 heteroatoms. The van der Waals surface area contributed by atoms with Gasteiger partial charge in [0.25, 0.3) is 17.1 Å². The first-order chi connectivity index (χ1) is 14.5. The van der Waals surface area contributed by atoms with Gasteiger partial charge in [0.1, 0.15) is 24.0 Å². The van der Waals surface area contributed by atoms with Gasteiger partial charge in [-0.3, -0.25) is 14.0 Å². The van der Waals surface area contributed by atoms with E-state index in [4.69, 9.17) is 10.5 Å². The summed E-state index contributed by atoms with van der Waals surface area (Å²) in [5.74, 6) is 0.0231. The zero-order valence-corrected chi connectivity index (χ0v) is 17.4. The van der Waals surface area contributed by atoms with Crippen molar-refractivity contribution in [2.45, 2.75) is 19.9 Å². The van der Waals surface area contributed by atoms with Gasteiger partial charge in [0.05, 0.1) is 32.3 Å². The van der Waals surface area contributed by atoms with Gasteiger partial charge in [-0.05, 0) is 32.0 Å². The second kappa shape index (κ2) is 8.37. The summed E-state index contributed by atoms with van der Waals surface area (Å²) in [7, 11) is 0. The number of morpholine rings is 1. The Bertz CT molecular complexity index is 1150. The van der Waals surface area contributed by atoms with Crippen LogP contribution in [0.5, 0.6) is 0 Å². The fourth-order valence-electron chi connectivity index (χ4n) is 3.93. The third-order valence-corrected chi connectivity index (χ3v) is 5.53. The molecule has 4 N–H and O–H groups in total. The minimum absolute atomic E-state index is 0.0730. The number of hydrogen-bond donors (Lipinski definition) is 3. The van der Waals surface area contributed by atoms with Crippen LogP contribution in [0.3, 0.4) is 0 Å². The highest BCUT2D eigenvalue weighted by molar-refractivity contribution is 6.00. The van der Waals surface area contributed by atoms with E-state index in [-0.39, 0.29) is 17.5 Å². The van der Waals surface area contributed by atoms with Gasteiger partial charge in [0, 0.05) is 6.20 Å². The summed E-state index contributed by atoms with van der Waals surface area (Å²) >= 11 is 0. The number of ether oxygens (including phenoxy) is 1. The van der Waals surface area contributed by atoms with Crippen molar-refractivity contribution in [1.29, 1.82) is 0 Å². The summed E-state index contributed by atoms with van der Waals surface area (Å²) in [6.45, 7) is 8.64. The summed E-state index contributed by atoms with van der Waals surface area (Å²) in [6, 6.07) is 6.87. The van der Waals surface area contributed by atoms with Gasteiger partial charge in [-0.1, -0.05) is 11.1 Å². The predicted octanol–water partition coefficient (Wildman–Crippen LogP) is -1.06. The monoisotopic (exact) mass is 412 g/mol. The summed E-state index contributed by atoms with van der Waals surface area (Å²) in [6.07, 6.45) is 1.67. The molecule has 4 heterocycles. The third kappa shape index (κ3) is 3.73. The van der Waals surface area contributed by atoms with Crippen LogP contribution in [0, 0.1) is 0 Å². The molecule has 3 aromatic rings. The largest absolute Gasteiger partial charge is 0.370 e. The zero-order valence-electron chi connectivity index (χ0n) is 17.4. The van der Waals surface area contributed by atoms with Crippen LogP contribution in [-0.2, 0) is 4.74 Å². The molecule has 1 aliphatic rings. The molecular formula is C21H28N6O3+2. The van der Waals surface area contributed by atoms with Crippen LogP contribution in [0.2, 0.25) is 0 Å². The van der Waals surface area contributed by atoms with Gasteiger partial charge in [0.15, 0.2) is 0 Å². The third-order valence-electron chi connectivity index (χ3n) is 5.53. The lowest BCUT2D eigenvalue weighted by Crippen LogP contribution is -3.14. The first-order valence-electron chi connectivity index (χ1n) is 10.3. The number of hydrogen-bond acceptors (Lipinski definition) is 5. The number of carbonyl (C=O) groups excluding carboxylic acids is 1. The summed E-state index contributed by atoms with van der Waals surface area (Å²) in [4.78, 5) is 32.1. The molecule has 0 aliphatic carbocycles. The van der Waals surface area contributed by atoms with E-state index in [0.29, 0.717) is 34.6 Å². The number of fused-ring (bicyclic) bond motifs is 2. The average Bonchev–Trinajstić information content (AvgIpc) is 2.74. The molecule has 0 radical (unpaired) electrons. The number of quaternary nitrogens is 1. The Hall–Kier alpha value is -3.04. The number of carbonyl (C=O) groups is 1. The number of nitrogens with one attached hydrogen (secondary N) is 2. The highest BCUT2D eigenvalue weighted by atomic mass is 16.5. The standard InChI is InChI=1S/C21H26N6O3/c1-14(2)27-18(22)15(20(28)23-6-8-25-9-11-30-12-10-25)13-16-19(27)24-17-5-3-4-7-26(17)21(16)29/h3-5,7,13-14,22H,6,8-12H2,1-2H3,(H,23,28)/p+2. The van der Waals surface area contributed by atoms with E-state index in [2.05, 4.69) is 10.3 Å². The van der Waals surface area contributed by atoms with Gasteiger partial charge in [-0.2, -0.15) is 0 Å². The van der Waals surface area contributed by atoms with Gasteiger partial charge in [-0.25, -0.2) is 4.57 Å². The summed E-state index contributed by atoms with van der Waals surface area (Å²) < 4.78 is 8.60. The number of pyridine rings is 2. The highest BCUT2D eigenvalue weighted by Gasteiger charge is 2.26. The maximum Gasteiger partial charge on any atom is 0.278 e. The molecule has 3 aromatic heterocycles. The molecule has 0 spiro atoms. The SMILES string of the molecule is CC(C)[n+]1c(N)c(C(=O)NCC[NH+]2CCOCC2)cc2c(=O)n3ccccc3nc21. The van der Waals surface area contributed by atoms with E-state index in [1.807, 2.05) is 19.9 Å². The summed E-state index contributed by atoms with van der Waals surface area (Å²) in [5.41, 5.74) is 7.48. The minimum atomic E-state index is -0.283. The molecular weight excluding hydrogens is 384 g/mol. The Kier molecular flexibility index (Phi) is 5.65. The minimum Gasteiger partial charge on any atom is -0.370 e. The van der Waals surface area contributed by atoms with E-state index < -0.39 is 0 Å². The van der Waals surface area contributed by atoms with Crippen molar-refractivity contribution in [3.63, 3.8) is 0 Å². The van der Waals surface area contributed by atoms with E-state index >= 15 is 0 Å². The molecule has 1 aliphatic heterocycles. The number of amides is 1. The van der Waals surface area contributed by atoms with Gasteiger partial charge >= 0.3 is 0 Å². The smallest absolute Gasteiger partial charge is 0.278 e. The molecule has 1 fully saturated rings. The van der Waals surface area contributed by atoms with Crippen LogP contribution in [0.15, 0.2) is 35.3 Å². The number of nitrogens with zero attached hydrogens (tertiary/aromatic N) is 3. The van der Waals surface area contributed by atoms with Crippen molar-refractivity contribution in [3.8, 4) is 0 Å². The first-order valence-corrected chi connectivity index (χ1v) is 10.3. The second-order valence-corrected chi connectivity index (χ2v) is 7.86. The maximum absolute atomic E-state index is 13.1. The van der Waals surface area contributed by atoms with Gasteiger partial charge in [0.2, 0.25) is 11.5 Å². The van der Waals surface area contributed by atoms with E-state index in [0.717, 1.165) is 32.8 Å². The Morgan fingerprint density at radius 1 is 1.37 bits per heavy atom. The second-order valence-electron chi connectivity index (χ2n) is 7.86. The number of aromatic nitrogens is 3. The molecule has 158 valence electrons. The molecule has 0 bridgehead atoms. The highest BCUT2D eigenvalue weighted by Crippen LogP contribution is 2.16. The Morgan fingerprint density at radius 2 is 2.13 bits per heavy atom. The Labute approximate surface area is 174 Å². The van der Waals surface area contributed by atoms with Crippen molar-refractivity contribution >= 4 is 28.4 Å². The number of nitrogen functional groups attached to an aromatic ring is 1. The van der Waals surface area contributed by atoms with Crippen LogP contribution in [0.4, 0.5) is 5.82 Å². The molecule has 0 aromatic carbocycles. The quantitative estimate of drug-likeness (QED) is 0.366. The summed E-state index contributed by atoms with van der Waals surface area (Å²) in [5, 5.41) is 3.32. The first kappa shape index (κ1) is 20.2. The topological polar surface area (TPSA) is 107 Å². The average molecular weight is 412 g/mol. The molecule has 0 saturated carbocycles. The van der Waals surface area contributed by atoms with Crippen LogP contribution >= 0.6 is 0 Å². The van der Waals surface area contributed by atoms with E-state index in [9.17, 15) is 9.59 Å². The lowest BCUT2D eigenvalue weighted by atomic mass is 10.1. The number of nitrogens with two attached hydrogens (primary N) is 1. The number of rotatable bonds is 5. The van der Waals surface area contributed by atoms with Gasteiger partial charge < -0.3 is 20.7 Å². The molecule has 0 unspecified atom stereocenters. The normalized spacial score (nSPS) is 15.2. The van der Waals surface area contributed by atoms with Crippen molar-refractivity contribution in [2.24, 2.45) is 0 Å². The van der Waals surface area contributed by atoms with E-state index in [1.54, 1.807) is 29.0 Å². The fourth-order valence-corrected chi connectivity index (χ4v) is 3.93. The van der Waals surface area contributed by atoms with Crippen molar-refractivity contribution in [3.05, 3.63) is 46.4 Å². The zero-order chi connectivity index (χ0) is 21.3. The Morgan fingerprint density at radius 3 is 2.87 bits per heavy atom. The van der Waals surface area contributed by atoms with E-state index in [1.165, 1.54) is 9.30 Å². The van der Waals surface area contributed by atoms with Crippen LogP contribution in [0.25, 0.3) is 16.7 Å². The van der Waals surface area contributed by atoms with Crippen molar-refractivity contribution in [2.75, 3.05) is 45.1 Å². The molecule has 30 heavy (non-hydrogen) atoms. The molecule has 1 saturated heterocycles. The molecule has 9 nitrogen and oxygen atoms in total.